The second kappa shape index (κ2) is 6.49. The first-order chi connectivity index (χ1) is 9.13. The van der Waals surface area contributed by atoms with Crippen molar-refractivity contribution in [3.63, 3.8) is 0 Å². The Labute approximate surface area is 114 Å². The van der Waals surface area contributed by atoms with Gasteiger partial charge in [-0.1, -0.05) is 25.7 Å². The molecule has 2 rings (SSSR count). The molecule has 1 aliphatic carbocycles. The van der Waals surface area contributed by atoms with Gasteiger partial charge in [-0.15, -0.1) is 0 Å². The molecule has 0 aliphatic heterocycles. The van der Waals surface area contributed by atoms with Crippen molar-refractivity contribution in [2.45, 2.75) is 56.1 Å². The molecule has 0 aromatic carbocycles. The molecule has 0 amide bonds. The van der Waals surface area contributed by atoms with Gasteiger partial charge in [0.2, 0.25) is 0 Å². The zero-order valence-electron chi connectivity index (χ0n) is 11.3. The van der Waals surface area contributed by atoms with E-state index >= 15 is 0 Å². The molecule has 0 saturated heterocycles. The monoisotopic (exact) mass is 286 g/mol. The number of sulfonamides is 1. The van der Waals surface area contributed by atoms with Crippen molar-refractivity contribution in [1.29, 1.82) is 0 Å². The molecular formula is C12H22N4O2S. The Morgan fingerprint density at radius 3 is 2.63 bits per heavy atom. The van der Waals surface area contributed by atoms with Gasteiger partial charge in [-0.3, -0.25) is 5.10 Å². The van der Waals surface area contributed by atoms with Gasteiger partial charge >= 0.3 is 0 Å². The first kappa shape index (κ1) is 14.5. The summed E-state index contributed by atoms with van der Waals surface area (Å²) >= 11 is 0. The maximum absolute atomic E-state index is 12.4. The van der Waals surface area contributed by atoms with Gasteiger partial charge in [0, 0.05) is 18.2 Å². The minimum atomic E-state index is -3.49. The molecule has 108 valence electrons. The lowest BCUT2D eigenvalue weighted by molar-refractivity contribution is 0.507. The molecule has 1 heterocycles. The third-order valence-electron chi connectivity index (χ3n) is 3.49. The van der Waals surface area contributed by atoms with Crippen LogP contribution in [0.3, 0.4) is 0 Å². The smallest absolute Gasteiger partial charge is 0.258 e. The molecule has 1 aliphatic rings. The summed E-state index contributed by atoms with van der Waals surface area (Å²) in [6.07, 6.45) is 8.00. The Kier molecular flexibility index (Phi) is 4.95. The van der Waals surface area contributed by atoms with Crippen LogP contribution in [0.25, 0.3) is 0 Å². The highest BCUT2D eigenvalue weighted by atomic mass is 32.2. The van der Waals surface area contributed by atoms with Crippen LogP contribution in [0.15, 0.2) is 11.2 Å². The van der Waals surface area contributed by atoms with E-state index < -0.39 is 10.0 Å². The predicted molar refractivity (Wildman–Crippen MR) is 73.2 cm³/mol. The molecule has 1 aromatic rings. The van der Waals surface area contributed by atoms with Gasteiger partial charge in [0.05, 0.1) is 6.20 Å². The molecule has 1 saturated carbocycles. The van der Waals surface area contributed by atoms with Crippen molar-refractivity contribution in [2.75, 3.05) is 7.05 Å². The van der Waals surface area contributed by atoms with Crippen molar-refractivity contribution in [3.8, 4) is 0 Å². The number of aromatic amines is 1. The average Bonchev–Trinajstić information content (AvgIpc) is 2.69. The third kappa shape index (κ3) is 3.77. The Balaban J connectivity index is 2.10. The van der Waals surface area contributed by atoms with E-state index in [2.05, 4.69) is 20.2 Å². The first-order valence-electron chi connectivity index (χ1n) is 6.82. The van der Waals surface area contributed by atoms with E-state index in [0.29, 0.717) is 12.1 Å². The van der Waals surface area contributed by atoms with E-state index in [0.717, 1.165) is 25.7 Å². The highest BCUT2D eigenvalue weighted by molar-refractivity contribution is 7.89. The van der Waals surface area contributed by atoms with Gasteiger partial charge < -0.3 is 5.32 Å². The lowest BCUT2D eigenvalue weighted by Crippen LogP contribution is -2.35. The Morgan fingerprint density at radius 2 is 2.00 bits per heavy atom. The van der Waals surface area contributed by atoms with Crippen molar-refractivity contribution in [1.82, 2.24) is 20.2 Å². The molecule has 0 radical (unpaired) electrons. The third-order valence-corrected chi connectivity index (χ3v) is 5.03. The van der Waals surface area contributed by atoms with E-state index in [1.54, 1.807) is 13.2 Å². The maximum Gasteiger partial charge on any atom is 0.258 e. The number of rotatable bonds is 5. The van der Waals surface area contributed by atoms with Gasteiger partial charge in [-0.25, -0.2) is 13.1 Å². The largest absolute Gasteiger partial charge is 0.316 e. The van der Waals surface area contributed by atoms with Crippen LogP contribution in [0.4, 0.5) is 0 Å². The molecule has 1 aromatic heterocycles. The van der Waals surface area contributed by atoms with Crippen LogP contribution in [0.5, 0.6) is 0 Å². The fourth-order valence-corrected chi connectivity index (χ4v) is 3.96. The van der Waals surface area contributed by atoms with Crippen LogP contribution >= 0.6 is 0 Å². The van der Waals surface area contributed by atoms with Gasteiger partial charge in [0.15, 0.2) is 5.03 Å². The molecule has 0 bridgehead atoms. The summed E-state index contributed by atoms with van der Waals surface area (Å²) in [6.45, 7) is 0.484. The standard InChI is InChI=1S/C12H22N4O2S/c1-13-8-10-9-14-15-12(10)19(17,18)16-11-6-4-2-3-5-7-11/h9,11,13,16H,2-8H2,1H3,(H,14,15). The maximum atomic E-state index is 12.4. The van der Waals surface area contributed by atoms with Crippen LogP contribution in [0.2, 0.25) is 0 Å². The lowest BCUT2D eigenvalue weighted by atomic mass is 10.1. The SMILES string of the molecule is CNCc1cn[nH]c1S(=O)(=O)NC1CCCCCC1. The molecule has 7 heteroatoms. The van der Waals surface area contributed by atoms with Crippen molar-refractivity contribution >= 4 is 10.0 Å². The summed E-state index contributed by atoms with van der Waals surface area (Å²) in [7, 11) is -1.71. The second-order valence-electron chi connectivity index (χ2n) is 5.06. The molecule has 0 atom stereocenters. The molecule has 3 N–H and O–H groups in total. The topological polar surface area (TPSA) is 86.9 Å². The van der Waals surface area contributed by atoms with Gasteiger partial charge in [-0.2, -0.15) is 5.10 Å². The molecule has 6 nitrogen and oxygen atoms in total. The van der Waals surface area contributed by atoms with E-state index in [1.807, 2.05) is 0 Å². The van der Waals surface area contributed by atoms with Gasteiger partial charge in [-0.05, 0) is 19.9 Å². The fraction of sp³-hybridized carbons (Fsp3) is 0.750. The Bertz CT molecular complexity index is 490. The number of nitrogens with zero attached hydrogens (tertiary/aromatic N) is 1. The zero-order valence-corrected chi connectivity index (χ0v) is 12.1. The normalized spacial score (nSPS) is 18.4. The second-order valence-corrected chi connectivity index (χ2v) is 6.72. The van der Waals surface area contributed by atoms with Crippen molar-refractivity contribution in [2.24, 2.45) is 0 Å². The van der Waals surface area contributed by atoms with Crippen LogP contribution in [-0.2, 0) is 16.6 Å². The Hall–Kier alpha value is -0.920. The highest BCUT2D eigenvalue weighted by Crippen LogP contribution is 2.20. The fourth-order valence-electron chi connectivity index (χ4n) is 2.52. The van der Waals surface area contributed by atoms with E-state index in [4.69, 9.17) is 0 Å². The predicted octanol–water partition coefficient (Wildman–Crippen LogP) is 1.13. The summed E-state index contributed by atoms with van der Waals surface area (Å²) in [5.74, 6) is 0. The minimum Gasteiger partial charge on any atom is -0.316 e. The number of H-pyrrole nitrogens is 1. The summed E-state index contributed by atoms with van der Waals surface area (Å²) in [5.41, 5.74) is 0.670. The summed E-state index contributed by atoms with van der Waals surface area (Å²) in [5, 5.41) is 9.56. The van der Waals surface area contributed by atoms with Crippen LogP contribution in [0, 0.1) is 0 Å². The minimum absolute atomic E-state index is 0.0539. The zero-order chi connectivity index (χ0) is 13.7. The molecule has 19 heavy (non-hydrogen) atoms. The summed E-state index contributed by atoms with van der Waals surface area (Å²) < 4.78 is 27.5. The number of hydrogen-bond donors (Lipinski definition) is 3. The lowest BCUT2D eigenvalue weighted by Gasteiger charge is -2.16. The number of hydrogen-bond acceptors (Lipinski definition) is 4. The highest BCUT2D eigenvalue weighted by Gasteiger charge is 2.24. The molecule has 0 spiro atoms. The van der Waals surface area contributed by atoms with Crippen LogP contribution < -0.4 is 10.0 Å². The average molecular weight is 286 g/mol. The molecular weight excluding hydrogens is 264 g/mol. The van der Waals surface area contributed by atoms with Crippen LogP contribution in [0.1, 0.15) is 44.1 Å². The summed E-state index contributed by atoms with van der Waals surface area (Å²) in [6, 6.07) is 0.0539. The van der Waals surface area contributed by atoms with Gasteiger partial charge in [0.1, 0.15) is 0 Å². The van der Waals surface area contributed by atoms with E-state index in [1.165, 1.54) is 12.8 Å². The van der Waals surface area contributed by atoms with Crippen LogP contribution in [-0.4, -0.2) is 31.7 Å². The quantitative estimate of drug-likeness (QED) is 0.708. The molecule has 0 unspecified atom stereocenters. The number of nitrogens with one attached hydrogen (secondary N) is 3. The van der Waals surface area contributed by atoms with Crippen molar-refractivity contribution < 1.29 is 8.42 Å². The summed E-state index contributed by atoms with van der Waals surface area (Å²) in [4.78, 5) is 0. The number of aromatic nitrogens is 2. The molecule has 1 fully saturated rings. The first-order valence-corrected chi connectivity index (χ1v) is 8.31. The van der Waals surface area contributed by atoms with E-state index in [9.17, 15) is 8.42 Å². The van der Waals surface area contributed by atoms with E-state index in [-0.39, 0.29) is 11.1 Å². The van der Waals surface area contributed by atoms with Gasteiger partial charge in [0.25, 0.3) is 10.0 Å². The van der Waals surface area contributed by atoms with Crippen molar-refractivity contribution in [3.05, 3.63) is 11.8 Å². The Morgan fingerprint density at radius 1 is 1.32 bits per heavy atom.